The van der Waals surface area contributed by atoms with Gasteiger partial charge in [0.1, 0.15) is 11.5 Å². The number of rotatable bonds is 8. The number of hydrogen-bond donors (Lipinski definition) is 1. The molecule has 112 valence electrons. The summed E-state index contributed by atoms with van der Waals surface area (Å²) in [4.78, 5) is 9.87. The van der Waals surface area contributed by atoms with Gasteiger partial charge in [0.25, 0.3) is 0 Å². The summed E-state index contributed by atoms with van der Waals surface area (Å²) in [5, 5.41) is 13.4. The molecule has 0 amide bonds. The lowest BCUT2D eigenvalue weighted by Crippen LogP contribution is -2.10. The molecule has 0 radical (unpaired) electrons. The van der Waals surface area contributed by atoms with Gasteiger partial charge in [-0.05, 0) is 12.3 Å². The van der Waals surface area contributed by atoms with Crippen molar-refractivity contribution in [2.75, 3.05) is 25.1 Å². The third kappa shape index (κ3) is 5.08. The molecule has 0 bridgehead atoms. The lowest BCUT2D eigenvalue weighted by Gasteiger charge is -2.09. The molecular weight excluding hydrogens is 270 g/mol. The summed E-state index contributed by atoms with van der Waals surface area (Å²) in [5.41, 5.74) is -0.897. The first kappa shape index (κ1) is 16.3. The summed E-state index contributed by atoms with van der Waals surface area (Å²) < 4.78 is 31.7. The van der Waals surface area contributed by atoms with E-state index in [1.807, 2.05) is 13.8 Å². The lowest BCUT2D eigenvalue weighted by molar-refractivity contribution is -0.386. The van der Waals surface area contributed by atoms with Crippen LogP contribution < -0.4 is 5.32 Å². The minimum absolute atomic E-state index is 0.156. The third-order valence-corrected chi connectivity index (χ3v) is 2.44. The van der Waals surface area contributed by atoms with Gasteiger partial charge in [0.2, 0.25) is 5.82 Å². The Kier molecular flexibility index (Phi) is 6.30. The van der Waals surface area contributed by atoms with E-state index in [1.165, 1.54) is 0 Å². The molecule has 0 unspecified atom stereocenters. The zero-order valence-corrected chi connectivity index (χ0v) is 11.5. The molecule has 0 heterocycles. The minimum atomic E-state index is -1.19. The Hall–Kier alpha value is -1.76. The Morgan fingerprint density at radius 1 is 1.40 bits per heavy atom. The van der Waals surface area contributed by atoms with E-state index in [2.05, 4.69) is 5.32 Å². The van der Waals surface area contributed by atoms with Crippen LogP contribution in [0.3, 0.4) is 0 Å². The van der Waals surface area contributed by atoms with E-state index in [4.69, 9.17) is 4.74 Å². The van der Waals surface area contributed by atoms with Gasteiger partial charge in [0.05, 0.1) is 4.92 Å². The predicted octanol–water partition coefficient (Wildman–Crippen LogP) is 3.35. The maximum Gasteiger partial charge on any atom is 0.327 e. The van der Waals surface area contributed by atoms with Crippen LogP contribution in [-0.2, 0) is 4.74 Å². The van der Waals surface area contributed by atoms with Crippen molar-refractivity contribution in [1.82, 2.24) is 0 Å². The van der Waals surface area contributed by atoms with E-state index in [0.717, 1.165) is 6.07 Å². The van der Waals surface area contributed by atoms with Crippen LogP contribution in [0.2, 0.25) is 0 Å². The number of nitrogens with one attached hydrogen (secondary N) is 1. The number of anilines is 1. The summed E-state index contributed by atoms with van der Waals surface area (Å²) in [6.45, 7) is 5.50. The van der Waals surface area contributed by atoms with E-state index in [9.17, 15) is 18.9 Å². The number of nitrogens with zero attached hydrogens (tertiary/aromatic N) is 1. The average molecular weight is 288 g/mol. The Morgan fingerprint density at radius 2 is 2.10 bits per heavy atom. The SMILES string of the molecule is CC(C)COCCCNc1cc(F)cc(F)c1[N+](=O)[O-]. The smallest absolute Gasteiger partial charge is 0.327 e. The molecule has 0 atom stereocenters. The lowest BCUT2D eigenvalue weighted by atomic mass is 10.2. The zero-order valence-electron chi connectivity index (χ0n) is 11.5. The third-order valence-electron chi connectivity index (χ3n) is 2.44. The molecule has 5 nitrogen and oxygen atoms in total. The van der Waals surface area contributed by atoms with Crippen LogP contribution in [0, 0.1) is 27.7 Å². The van der Waals surface area contributed by atoms with Gasteiger partial charge in [0.15, 0.2) is 0 Å². The number of nitro groups is 1. The van der Waals surface area contributed by atoms with Crippen LogP contribution in [0.15, 0.2) is 12.1 Å². The van der Waals surface area contributed by atoms with Gasteiger partial charge in [-0.1, -0.05) is 13.8 Å². The van der Waals surface area contributed by atoms with Crippen LogP contribution in [0.5, 0.6) is 0 Å². The fraction of sp³-hybridized carbons (Fsp3) is 0.538. The molecule has 20 heavy (non-hydrogen) atoms. The van der Waals surface area contributed by atoms with E-state index in [-0.39, 0.29) is 5.69 Å². The van der Waals surface area contributed by atoms with Crippen molar-refractivity contribution in [3.63, 3.8) is 0 Å². The maximum atomic E-state index is 13.3. The van der Waals surface area contributed by atoms with Crippen molar-refractivity contribution in [3.05, 3.63) is 33.9 Å². The summed E-state index contributed by atoms with van der Waals surface area (Å²) in [7, 11) is 0. The van der Waals surface area contributed by atoms with Crippen LogP contribution in [0.1, 0.15) is 20.3 Å². The van der Waals surface area contributed by atoms with E-state index < -0.39 is 22.2 Å². The van der Waals surface area contributed by atoms with Gasteiger partial charge in [-0.15, -0.1) is 0 Å². The molecule has 0 aliphatic rings. The van der Waals surface area contributed by atoms with Crippen molar-refractivity contribution < 1.29 is 18.4 Å². The molecule has 0 saturated heterocycles. The van der Waals surface area contributed by atoms with Gasteiger partial charge < -0.3 is 10.1 Å². The van der Waals surface area contributed by atoms with Gasteiger partial charge >= 0.3 is 5.69 Å². The molecule has 0 fully saturated rings. The summed E-state index contributed by atoms with van der Waals surface area (Å²) in [5.74, 6) is -1.61. The molecule has 0 aromatic heterocycles. The molecule has 0 spiro atoms. The normalized spacial score (nSPS) is 10.8. The Balaban J connectivity index is 2.53. The number of benzene rings is 1. The molecular formula is C13H18F2N2O3. The fourth-order valence-corrected chi connectivity index (χ4v) is 1.60. The van der Waals surface area contributed by atoms with E-state index in [1.54, 1.807) is 0 Å². The van der Waals surface area contributed by atoms with Gasteiger partial charge in [-0.25, -0.2) is 4.39 Å². The first-order valence-corrected chi connectivity index (χ1v) is 6.37. The average Bonchev–Trinajstić information content (AvgIpc) is 2.31. The molecule has 7 heteroatoms. The van der Waals surface area contributed by atoms with Crippen LogP contribution in [-0.4, -0.2) is 24.7 Å². The Morgan fingerprint density at radius 3 is 2.70 bits per heavy atom. The van der Waals surface area contributed by atoms with Gasteiger partial charge in [-0.3, -0.25) is 10.1 Å². The second-order valence-corrected chi connectivity index (χ2v) is 4.79. The first-order chi connectivity index (χ1) is 9.41. The van der Waals surface area contributed by atoms with Crippen molar-refractivity contribution in [2.24, 2.45) is 5.92 Å². The highest BCUT2D eigenvalue weighted by Gasteiger charge is 2.21. The summed E-state index contributed by atoms with van der Waals surface area (Å²) in [6, 6.07) is 1.41. The summed E-state index contributed by atoms with van der Waals surface area (Å²) >= 11 is 0. The minimum Gasteiger partial charge on any atom is -0.381 e. The van der Waals surface area contributed by atoms with Gasteiger partial charge in [0, 0.05) is 31.9 Å². The Bertz CT molecular complexity index is 467. The van der Waals surface area contributed by atoms with Crippen LogP contribution in [0.4, 0.5) is 20.2 Å². The van der Waals surface area contributed by atoms with Crippen molar-refractivity contribution in [1.29, 1.82) is 0 Å². The largest absolute Gasteiger partial charge is 0.381 e. The second-order valence-electron chi connectivity index (χ2n) is 4.79. The highest BCUT2D eigenvalue weighted by molar-refractivity contribution is 5.62. The molecule has 1 rings (SSSR count). The topological polar surface area (TPSA) is 64.4 Å². The maximum absolute atomic E-state index is 13.3. The zero-order chi connectivity index (χ0) is 15.1. The second kappa shape index (κ2) is 7.74. The fourth-order valence-electron chi connectivity index (χ4n) is 1.60. The predicted molar refractivity (Wildman–Crippen MR) is 71.8 cm³/mol. The van der Waals surface area contributed by atoms with Crippen molar-refractivity contribution in [2.45, 2.75) is 20.3 Å². The van der Waals surface area contributed by atoms with E-state index in [0.29, 0.717) is 38.2 Å². The highest BCUT2D eigenvalue weighted by Crippen LogP contribution is 2.28. The highest BCUT2D eigenvalue weighted by atomic mass is 19.1. The standard InChI is InChI=1S/C13H18F2N2O3/c1-9(2)8-20-5-3-4-16-12-7-10(14)6-11(15)13(12)17(18)19/h6-7,9,16H,3-5,8H2,1-2H3. The van der Waals surface area contributed by atoms with E-state index >= 15 is 0 Å². The number of nitro benzene ring substituents is 1. The first-order valence-electron chi connectivity index (χ1n) is 6.37. The van der Waals surface area contributed by atoms with Crippen LogP contribution in [0.25, 0.3) is 0 Å². The molecule has 1 aromatic rings. The molecule has 0 aliphatic heterocycles. The van der Waals surface area contributed by atoms with Crippen molar-refractivity contribution in [3.8, 4) is 0 Å². The number of hydrogen-bond acceptors (Lipinski definition) is 4. The molecule has 1 N–H and O–H groups in total. The summed E-state index contributed by atoms with van der Waals surface area (Å²) in [6.07, 6.45) is 0.585. The Labute approximate surface area is 116 Å². The molecule has 0 aliphatic carbocycles. The van der Waals surface area contributed by atoms with Crippen LogP contribution >= 0.6 is 0 Å². The monoisotopic (exact) mass is 288 g/mol. The van der Waals surface area contributed by atoms with Crippen molar-refractivity contribution >= 4 is 11.4 Å². The number of halogens is 2. The number of ether oxygens (including phenoxy) is 1. The quantitative estimate of drug-likeness (QED) is 0.452. The molecule has 1 aromatic carbocycles. The van der Waals surface area contributed by atoms with Gasteiger partial charge in [-0.2, -0.15) is 4.39 Å². The molecule has 0 saturated carbocycles.